The van der Waals surface area contributed by atoms with Crippen molar-refractivity contribution in [2.24, 2.45) is 0 Å². The van der Waals surface area contributed by atoms with Crippen LogP contribution in [0.15, 0.2) is 24.3 Å². The highest BCUT2D eigenvalue weighted by molar-refractivity contribution is 7.91. The standard InChI is InChI=1S/C18H24N4O3S/c1-20(2)18(23)11-22-8-7-21(16-12-26(24,25)13-17(16)22)10-15-6-4-3-5-14(15)9-19/h3-6,16-17H,7-8,10-13H2,1-2H3/t16-,17+/m1/s1. The summed E-state index contributed by atoms with van der Waals surface area (Å²) in [5.41, 5.74) is 1.53. The Morgan fingerprint density at radius 2 is 1.81 bits per heavy atom. The highest BCUT2D eigenvalue weighted by Gasteiger charge is 2.46. The van der Waals surface area contributed by atoms with E-state index in [2.05, 4.69) is 11.0 Å². The molecular formula is C18H24N4O3S. The SMILES string of the molecule is CN(C)C(=O)CN1CCN(Cc2ccccc2C#N)[C@@H]2CS(=O)(=O)C[C@@H]21. The Morgan fingerprint density at radius 3 is 2.46 bits per heavy atom. The Labute approximate surface area is 154 Å². The third kappa shape index (κ3) is 3.90. The molecule has 0 unspecified atom stereocenters. The number of carbonyl (C=O) groups is 1. The second-order valence-electron chi connectivity index (χ2n) is 7.21. The molecule has 1 aromatic rings. The predicted octanol–water partition coefficient (Wildman–Crippen LogP) is -0.0703. The molecule has 0 saturated carbocycles. The van der Waals surface area contributed by atoms with Crippen LogP contribution in [-0.2, 0) is 21.2 Å². The number of carbonyl (C=O) groups excluding carboxylic acids is 1. The van der Waals surface area contributed by atoms with Crippen LogP contribution in [0.2, 0.25) is 0 Å². The maximum Gasteiger partial charge on any atom is 0.236 e. The van der Waals surface area contributed by atoms with E-state index in [0.717, 1.165) is 5.56 Å². The first-order valence-electron chi connectivity index (χ1n) is 8.67. The number of nitrogens with zero attached hydrogens (tertiary/aromatic N) is 4. The van der Waals surface area contributed by atoms with Crippen molar-refractivity contribution in [1.82, 2.24) is 14.7 Å². The van der Waals surface area contributed by atoms with Crippen molar-refractivity contribution in [1.29, 1.82) is 5.26 Å². The zero-order chi connectivity index (χ0) is 18.9. The van der Waals surface area contributed by atoms with E-state index in [4.69, 9.17) is 0 Å². The zero-order valence-electron chi connectivity index (χ0n) is 15.1. The van der Waals surface area contributed by atoms with Gasteiger partial charge in [-0.2, -0.15) is 5.26 Å². The van der Waals surface area contributed by atoms with Gasteiger partial charge in [-0.25, -0.2) is 8.42 Å². The van der Waals surface area contributed by atoms with E-state index in [1.807, 2.05) is 23.1 Å². The van der Waals surface area contributed by atoms with Gasteiger partial charge in [-0.1, -0.05) is 18.2 Å². The van der Waals surface area contributed by atoms with E-state index in [9.17, 15) is 18.5 Å². The van der Waals surface area contributed by atoms with Crippen LogP contribution in [0.4, 0.5) is 0 Å². The van der Waals surface area contributed by atoms with E-state index in [0.29, 0.717) is 25.2 Å². The Balaban J connectivity index is 1.81. The molecule has 2 saturated heterocycles. The molecule has 140 valence electrons. The van der Waals surface area contributed by atoms with Crippen LogP contribution >= 0.6 is 0 Å². The average molecular weight is 376 g/mol. The van der Waals surface area contributed by atoms with Gasteiger partial charge in [0.25, 0.3) is 0 Å². The lowest BCUT2D eigenvalue weighted by Crippen LogP contribution is -2.60. The zero-order valence-corrected chi connectivity index (χ0v) is 15.9. The molecule has 1 amide bonds. The number of hydrogen-bond acceptors (Lipinski definition) is 6. The summed E-state index contributed by atoms with van der Waals surface area (Å²) in [7, 11) is 0.285. The summed E-state index contributed by atoms with van der Waals surface area (Å²) >= 11 is 0. The van der Waals surface area contributed by atoms with Crippen LogP contribution in [0.5, 0.6) is 0 Å². The summed E-state index contributed by atoms with van der Waals surface area (Å²) in [6.07, 6.45) is 0. The van der Waals surface area contributed by atoms with E-state index >= 15 is 0 Å². The Morgan fingerprint density at radius 1 is 1.19 bits per heavy atom. The number of sulfone groups is 1. The summed E-state index contributed by atoms with van der Waals surface area (Å²) in [4.78, 5) is 17.8. The molecule has 0 aliphatic carbocycles. The Kier molecular flexibility index (Phi) is 5.32. The molecule has 2 aliphatic heterocycles. The summed E-state index contributed by atoms with van der Waals surface area (Å²) < 4.78 is 24.6. The second-order valence-corrected chi connectivity index (χ2v) is 9.36. The lowest BCUT2D eigenvalue weighted by Gasteiger charge is -2.44. The van der Waals surface area contributed by atoms with Crippen molar-refractivity contribution in [3.8, 4) is 6.07 Å². The largest absolute Gasteiger partial charge is 0.348 e. The van der Waals surface area contributed by atoms with E-state index < -0.39 is 9.84 Å². The second kappa shape index (κ2) is 7.35. The van der Waals surface area contributed by atoms with Gasteiger partial charge in [0.15, 0.2) is 9.84 Å². The van der Waals surface area contributed by atoms with Gasteiger partial charge in [-0.15, -0.1) is 0 Å². The van der Waals surface area contributed by atoms with Gasteiger partial charge in [0.2, 0.25) is 5.91 Å². The lowest BCUT2D eigenvalue weighted by molar-refractivity contribution is -0.131. The van der Waals surface area contributed by atoms with Crippen LogP contribution in [0, 0.1) is 11.3 Å². The fourth-order valence-corrected chi connectivity index (χ4v) is 5.83. The topological polar surface area (TPSA) is 84.7 Å². The molecule has 0 bridgehead atoms. The molecule has 1 aromatic carbocycles. The number of piperazine rings is 1. The third-order valence-electron chi connectivity index (χ3n) is 5.25. The van der Waals surface area contributed by atoms with Crippen molar-refractivity contribution in [2.75, 3.05) is 45.2 Å². The van der Waals surface area contributed by atoms with Crippen LogP contribution in [-0.4, -0.2) is 86.3 Å². The van der Waals surface area contributed by atoms with Gasteiger partial charge in [0, 0.05) is 45.8 Å². The first-order chi connectivity index (χ1) is 12.3. The molecule has 8 heteroatoms. The molecule has 0 spiro atoms. The number of amides is 1. The third-order valence-corrected chi connectivity index (χ3v) is 6.95. The Hall–Kier alpha value is -1.95. The lowest BCUT2D eigenvalue weighted by atomic mass is 10.0. The smallest absolute Gasteiger partial charge is 0.236 e. The van der Waals surface area contributed by atoms with Gasteiger partial charge in [-0.3, -0.25) is 14.6 Å². The summed E-state index contributed by atoms with van der Waals surface area (Å²) in [5.74, 6) is 0.185. The number of benzene rings is 1. The number of rotatable bonds is 4. The van der Waals surface area contributed by atoms with Crippen molar-refractivity contribution in [2.45, 2.75) is 18.6 Å². The number of hydrogen-bond donors (Lipinski definition) is 0. The quantitative estimate of drug-likeness (QED) is 0.731. The summed E-state index contributed by atoms with van der Waals surface area (Å²) in [6.45, 7) is 2.12. The Bertz CT molecular complexity index is 831. The van der Waals surface area contributed by atoms with Gasteiger partial charge < -0.3 is 4.90 Å². The molecule has 2 aliphatic rings. The minimum absolute atomic E-state index is 0.0173. The van der Waals surface area contributed by atoms with Crippen LogP contribution in [0.25, 0.3) is 0 Å². The molecule has 26 heavy (non-hydrogen) atoms. The number of likely N-dealkylation sites (N-methyl/N-ethyl adjacent to an activating group) is 1. The normalized spacial score (nSPS) is 25.4. The van der Waals surface area contributed by atoms with Gasteiger partial charge in [0.05, 0.1) is 29.7 Å². The highest BCUT2D eigenvalue weighted by atomic mass is 32.2. The molecular weight excluding hydrogens is 352 g/mol. The van der Waals surface area contributed by atoms with Crippen LogP contribution in [0.3, 0.4) is 0 Å². The van der Waals surface area contributed by atoms with Gasteiger partial charge in [-0.05, 0) is 11.6 Å². The van der Waals surface area contributed by atoms with Crippen LogP contribution < -0.4 is 0 Å². The van der Waals surface area contributed by atoms with Gasteiger partial charge >= 0.3 is 0 Å². The molecule has 0 radical (unpaired) electrons. The molecule has 2 atom stereocenters. The van der Waals surface area contributed by atoms with Gasteiger partial charge in [0.1, 0.15) is 0 Å². The molecule has 7 nitrogen and oxygen atoms in total. The monoisotopic (exact) mass is 376 g/mol. The fourth-order valence-electron chi connectivity index (χ4n) is 3.79. The summed E-state index contributed by atoms with van der Waals surface area (Å²) in [5, 5.41) is 9.30. The number of nitriles is 1. The first-order valence-corrected chi connectivity index (χ1v) is 10.5. The number of fused-ring (bicyclic) bond motifs is 1. The molecule has 0 aromatic heterocycles. The molecule has 2 fully saturated rings. The van der Waals surface area contributed by atoms with Crippen molar-refractivity contribution in [3.05, 3.63) is 35.4 Å². The molecule has 0 N–H and O–H groups in total. The van der Waals surface area contributed by atoms with E-state index in [-0.39, 0.29) is 36.0 Å². The van der Waals surface area contributed by atoms with Crippen molar-refractivity contribution < 1.29 is 13.2 Å². The average Bonchev–Trinajstić information content (AvgIpc) is 2.93. The summed E-state index contributed by atoms with van der Waals surface area (Å²) in [6, 6.07) is 9.31. The van der Waals surface area contributed by atoms with Crippen LogP contribution in [0.1, 0.15) is 11.1 Å². The minimum atomic E-state index is -3.13. The predicted molar refractivity (Wildman–Crippen MR) is 98.1 cm³/mol. The maximum absolute atomic E-state index is 12.3. The first kappa shape index (κ1) is 18.8. The fraction of sp³-hybridized carbons (Fsp3) is 0.556. The van der Waals surface area contributed by atoms with E-state index in [1.54, 1.807) is 20.2 Å². The maximum atomic E-state index is 12.3. The highest BCUT2D eigenvalue weighted by Crippen LogP contribution is 2.28. The minimum Gasteiger partial charge on any atom is -0.348 e. The molecule has 2 heterocycles. The van der Waals surface area contributed by atoms with E-state index in [1.165, 1.54) is 4.90 Å². The molecule has 3 rings (SSSR count). The van der Waals surface area contributed by atoms with Crippen molar-refractivity contribution in [3.63, 3.8) is 0 Å². The van der Waals surface area contributed by atoms with Crippen molar-refractivity contribution >= 4 is 15.7 Å².